The van der Waals surface area contributed by atoms with Crippen LogP contribution in [0.1, 0.15) is 112 Å². The van der Waals surface area contributed by atoms with Crippen LogP contribution in [-0.2, 0) is 4.74 Å². The summed E-state index contributed by atoms with van der Waals surface area (Å²) in [6, 6.07) is 13.8. The Hall–Kier alpha value is -2.82. The number of ether oxygens (including phenoxy) is 2. The molecule has 0 bridgehead atoms. The fourth-order valence-corrected chi connectivity index (χ4v) is 4.22. The zero-order valence-electron chi connectivity index (χ0n) is 22.5. The third-order valence-electron chi connectivity index (χ3n) is 6.40. The molecule has 5 heteroatoms. The highest BCUT2D eigenvalue weighted by molar-refractivity contribution is 5.96. The molecular formula is C31H45NO4. The van der Waals surface area contributed by atoms with Gasteiger partial charge in [0.1, 0.15) is 11.3 Å². The average Bonchev–Trinajstić information content (AvgIpc) is 2.89. The van der Waals surface area contributed by atoms with Crippen molar-refractivity contribution in [2.75, 3.05) is 19.0 Å². The van der Waals surface area contributed by atoms with Gasteiger partial charge in [-0.1, -0.05) is 96.6 Å². The predicted molar refractivity (Wildman–Crippen MR) is 148 cm³/mol. The van der Waals surface area contributed by atoms with Gasteiger partial charge in [-0.05, 0) is 48.7 Å². The quantitative estimate of drug-likeness (QED) is 0.128. The SMILES string of the molecule is COC(=O)c1ccccc1OC(=O)c1ccc(NCCCCCCCCCCCCCC(C)C)cc1. The van der Waals surface area contributed by atoms with E-state index in [9.17, 15) is 9.59 Å². The van der Waals surface area contributed by atoms with Gasteiger partial charge in [0.2, 0.25) is 0 Å². The molecule has 0 saturated heterocycles. The summed E-state index contributed by atoms with van der Waals surface area (Å²) < 4.78 is 10.2. The van der Waals surface area contributed by atoms with Crippen LogP contribution in [0.4, 0.5) is 5.69 Å². The number of carbonyl (C=O) groups is 2. The number of para-hydroxylation sites is 1. The Morgan fingerprint density at radius 1 is 0.722 bits per heavy atom. The fourth-order valence-electron chi connectivity index (χ4n) is 4.22. The number of nitrogens with one attached hydrogen (secondary N) is 1. The Balaban J connectivity index is 1.55. The number of rotatable bonds is 18. The van der Waals surface area contributed by atoms with Crippen LogP contribution in [0.3, 0.4) is 0 Å². The molecule has 2 rings (SSSR count). The molecular weight excluding hydrogens is 450 g/mol. The number of carbonyl (C=O) groups excluding carboxylic acids is 2. The molecule has 198 valence electrons. The van der Waals surface area contributed by atoms with Crippen molar-refractivity contribution in [1.29, 1.82) is 0 Å². The maximum absolute atomic E-state index is 12.5. The number of esters is 2. The fraction of sp³-hybridized carbons (Fsp3) is 0.548. The van der Waals surface area contributed by atoms with Gasteiger partial charge in [-0.15, -0.1) is 0 Å². The summed E-state index contributed by atoms with van der Waals surface area (Å²) >= 11 is 0. The van der Waals surface area contributed by atoms with E-state index in [-0.39, 0.29) is 11.3 Å². The Bertz CT molecular complexity index is 892. The second-order valence-corrected chi connectivity index (χ2v) is 9.95. The number of hydrogen-bond acceptors (Lipinski definition) is 5. The van der Waals surface area contributed by atoms with E-state index in [1.54, 1.807) is 36.4 Å². The molecule has 1 N–H and O–H groups in total. The van der Waals surface area contributed by atoms with Crippen LogP contribution in [0.5, 0.6) is 5.75 Å². The molecule has 0 aliphatic heterocycles. The zero-order valence-corrected chi connectivity index (χ0v) is 22.5. The minimum absolute atomic E-state index is 0.189. The molecule has 2 aromatic rings. The van der Waals surface area contributed by atoms with Crippen LogP contribution in [0.15, 0.2) is 48.5 Å². The van der Waals surface area contributed by atoms with Crippen molar-refractivity contribution in [2.45, 2.75) is 90.9 Å². The van der Waals surface area contributed by atoms with E-state index in [0.29, 0.717) is 5.56 Å². The third kappa shape index (κ3) is 11.7. The Morgan fingerprint density at radius 2 is 1.28 bits per heavy atom. The molecule has 0 amide bonds. The van der Waals surface area contributed by atoms with Gasteiger partial charge in [0.15, 0.2) is 0 Å². The minimum atomic E-state index is -0.541. The highest BCUT2D eigenvalue weighted by atomic mass is 16.5. The van der Waals surface area contributed by atoms with Crippen molar-refractivity contribution in [1.82, 2.24) is 0 Å². The largest absolute Gasteiger partial charge is 0.465 e. The van der Waals surface area contributed by atoms with Crippen molar-refractivity contribution in [2.24, 2.45) is 5.92 Å². The maximum atomic E-state index is 12.5. The number of hydrogen-bond donors (Lipinski definition) is 1. The maximum Gasteiger partial charge on any atom is 0.343 e. The van der Waals surface area contributed by atoms with Gasteiger partial charge in [0, 0.05) is 12.2 Å². The lowest BCUT2D eigenvalue weighted by Gasteiger charge is -2.10. The van der Waals surface area contributed by atoms with Crippen molar-refractivity contribution >= 4 is 17.6 Å². The van der Waals surface area contributed by atoms with Crippen LogP contribution < -0.4 is 10.1 Å². The molecule has 0 fully saturated rings. The van der Waals surface area contributed by atoms with E-state index in [1.165, 1.54) is 77.7 Å². The monoisotopic (exact) mass is 495 g/mol. The normalized spacial score (nSPS) is 10.9. The number of methoxy groups -OCH3 is 1. The Kier molecular flexibility index (Phi) is 14.4. The number of unbranched alkanes of at least 4 members (excludes halogenated alkanes) is 10. The summed E-state index contributed by atoms with van der Waals surface area (Å²) in [4.78, 5) is 24.4. The van der Waals surface area contributed by atoms with E-state index in [4.69, 9.17) is 9.47 Å². The molecule has 0 atom stereocenters. The lowest BCUT2D eigenvalue weighted by molar-refractivity contribution is 0.0593. The van der Waals surface area contributed by atoms with Crippen LogP contribution in [-0.4, -0.2) is 25.6 Å². The topological polar surface area (TPSA) is 64.6 Å². The van der Waals surface area contributed by atoms with Gasteiger partial charge < -0.3 is 14.8 Å². The van der Waals surface area contributed by atoms with Crippen LogP contribution in [0.2, 0.25) is 0 Å². The van der Waals surface area contributed by atoms with Crippen molar-refractivity contribution in [3.05, 3.63) is 59.7 Å². The third-order valence-corrected chi connectivity index (χ3v) is 6.40. The van der Waals surface area contributed by atoms with Crippen molar-refractivity contribution < 1.29 is 19.1 Å². The first-order valence-corrected chi connectivity index (χ1v) is 13.7. The van der Waals surface area contributed by atoms with E-state index in [1.807, 2.05) is 12.1 Å². The van der Waals surface area contributed by atoms with Gasteiger partial charge in [-0.25, -0.2) is 9.59 Å². The zero-order chi connectivity index (χ0) is 26.0. The highest BCUT2D eigenvalue weighted by Crippen LogP contribution is 2.21. The molecule has 36 heavy (non-hydrogen) atoms. The molecule has 2 aromatic carbocycles. The molecule has 0 radical (unpaired) electrons. The van der Waals surface area contributed by atoms with Crippen molar-refractivity contribution in [3.8, 4) is 5.75 Å². The second-order valence-electron chi connectivity index (χ2n) is 9.95. The van der Waals surface area contributed by atoms with Crippen LogP contribution >= 0.6 is 0 Å². The van der Waals surface area contributed by atoms with Crippen LogP contribution in [0, 0.1) is 5.92 Å². The number of anilines is 1. The molecule has 0 unspecified atom stereocenters. The van der Waals surface area contributed by atoms with E-state index in [0.717, 1.165) is 24.6 Å². The summed E-state index contributed by atoms with van der Waals surface area (Å²) in [5.41, 5.74) is 1.63. The highest BCUT2D eigenvalue weighted by Gasteiger charge is 2.16. The number of benzene rings is 2. The van der Waals surface area contributed by atoms with Gasteiger partial charge in [0.25, 0.3) is 0 Å². The van der Waals surface area contributed by atoms with E-state index < -0.39 is 11.9 Å². The smallest absolute Gasteiger partial charge is 0.343 e. The standard InChI is InChI=1S/C31H45NO4/c1-25(2)17-13-11-9-7-5-4-6-8-10-12-16-24-32-27-22-20-26(21-23-27)30(33)36-29-19-15-14-18-28(29)31(34)35-3/h14-15,18-23,25,32H,4-13,16-17,24H2,1-3H3. The summed E-state index contributed by atoms with van der Waals surface area (Å²) in [6.07, 6.45) is 16.1. The molecule has 0 heterocycles. The first-order valence-electron chi connectivity index (χ1n) is 13.7. The summed E-state index contributed by atoms with van der Waals surface area (Å²) in [5.74, 6) is -0.0133. The van der Waals surface area contributed by atoms with Gasteiger partial charge in [-0.3, -0.25) is 0 Å². The summed E-state index contributed by atoms with van der Waals surface area (Å²) in [6.45, 7) is 5.55. The van der Waals surface area contributed by atoms with E-state index >= 15 is 0 Å². The molecule has 5 nitrogen and oxygen atoms in total. The lowest BCUT2D eigenvalue weighted by Crippen LogP contribution is -2.12. The lowest BCUT2D eigenvalue weighted by atomic mass is 10.0. The van der Waals surface area contributed by atoms with Crippen molar-refractivity contribution in [3.63, 3.8) is 0 Å². The molecule has 0 spiro atoms. The molecule has 0 saturated carbocycles. The Morgan fingerprint density at radius 3 is 1.86 bits per heavy atom. The Labute approximate surface area is 218 Å². The molecule has 0 aliphatic carbocycles. The average molecular weight is 496 g/mol. The second kappa shape index (κ2) is 17.6. The first kappa shape index (κ1) is 29.4. The van der Waals surface area contributed by atoms with Gasteiger partial charge >= 0.3 is 11.9 Å². The van der Waals surface area contributed by atoms with Crippen LogP contribution in [0.25, 0.3) is 0 Å². The minimum Gasteiger partial charge on any atom is -0.465 e. The van der Waals surface area contributed by atoms with Gasteiger partial charge in [-0.2, -0.15) is 0 Å². The van der Waals surface area contributed by atoms with Gasteiger partial charge in [0.05, 0.1) is 12.7 Å². The predicted octanol–water partition coefficient (Wildman–Crippen LogP) is 8.44. The first-order chi connectivity index (χ1) is 17.5. The summed E-state index contributed by atoms with van der Waals surface area (Å²) in [5, 5.41) is 3.42. The summed E-state index contributed by atoms with van der Waals surface area (Å²) in [7, 11) is 1.30. The molecule has 0 aromatic heterocycles. The molecule has 0 aliphatic rings. The van der Waals surface area contributed by atoms with E-state index in [2.05, 4.69) is 19.2 Å².